The first-order valence-electron chi connectivity index (χ1n) is 8.63. The molecule has 0 saturated carbocycles. The summed E-state index contributed by atoms with van der Waals surface area (Å²) in [4.78, 5) is 0. The highest BCUT2D eigenvalue weighted by Gasteiger charge is 2.23. The number of unbranched alkanes of at least 4 members (excludes halogenated alkanes) is 5. The summed E-state index contributed by atoms with van der Waals surface area (Å²) in [6.45, 7) is 3.24. The van der Waals surface area contributed by atoms with Crippen molar-refractivity contribution < 1.29 is 23.0 Å². The van der Waals surface area contributed by atoms with Crippen molar-refractivity contribution in [1.29, 1.82) is 0 Å². The molecule has 0 heterocycles. The Morgan fingerprint density at radius 3 is 1.87 bits per heavy atom. The first kappa shape index (κ1) is 23.4. The number of hydrogen-bond donors (Lipinski definition) is 0. The van der Waals surface area contributed by atoms with E-state index in [2.05, 4.69) is 6.92 Å². The fourth-order valence-corrected chi connectivity index (χ4v) is 4.27. The van der Waals surface area contributed by atoms with E-state index in [0.717, 1.165) is 12.8 Å². The summed E-state index contributed by atoms with van der Waals surface area (Å²) < 4.78 is 27.2. The van der Waals surface area contributed by atoms with Crippen molar-refractivity contribution >= 4 is 18.5 Å². The maximum Gasteiger partial charge on any atom is 0.327 e. The minimum Gasteiger partial charge on any atom is -0.382 e. The van der Waals surface area contributed by atoms with Gasteiger partial charge >= 0.3 is 6.72 Å². The molecule has 0 radical (unpaired) electrons. The predicted octanol–water partition coefficient (Wildman–Crippen LogP) is 4.69. The Kier molecular flexibility index (Phi) is 16.3. The number of ether oxygens (including phenoxy) is 2. The minimum atomic E-state index is -2.73. The van der Waals surface area contributed by atoms with Gasteiger partial charge in [-0.25, -0.2) is 0 Å². The maximum absolute atomic E-state index is 5.93. The number of hydrogen-bond acceptors (Lipinski definition) is 6. The van der Waals surface area contributed by atoms with E-state index in [1.165, 1.54) is 32.1 Å². The lowest BCUT2D eigenvalue weighted by atomic mass is 10.1. The molecule has 0 aromatic heterocycles. The molecule has 140 valence electrons. The van der Waals surface area contributed by atoms with Crippen LogP contribution >= 0.6 is 6.72 Å². The molecule has 0 spiro atoms. The van der Waals surface area contributed by atoms with E-state index < -0.39 is 6.72 Å². The van der Waals surface area contributed by atoms with Crippen molar-refractivity contribution in [2.45, 2.75) is 64.9 Å². The molecular formula is C16H35O5PS. The van der Waals surface area contributed by atoms with Crippen LogP contribution in [0.1, 0.15) is 58.8 Å². The lowest BCUT2D eigenvalue weighted by molar-refractivity contribution is 0.0748. The second kappa shape index (κ2) is 15.9. The van der Waals surface area contributed by atoms with Crippen LogP contribution in [0.15, 0.2) is 0 Å². The fraction of sp³-hybridized carbons (Fsp3) is 1.00. The SMILES string of the molecule is CCCCCCCCC(C)OP(=S)(OCCOC)OCCOC. The zero-order chi connectivity index (χ0) is 17.4. The lowest BCUT2D eigenvalue weighted by Gasteiger charge is -2.25. The van der Waals surface area contributed by atoms with Gasteiger partial charge < -0.3 is 23.0 Å². The van der Waals surface area contributed by atoms with Crippen LogP contribution in [0.3, 0.4) is 0 Å². The zero-order valence-electron chi connectivity index (χ0n) is 15.3. The van der Waals surface area contributed by atoms with E-state index in [9.17, 15) is 0 Å². The summed E-state index contributed by atoms with van der Waals surface area (Å²) in [5.74, 6) is 0. The van der Waals surface area contributed by atoms with E-state index in [1.807, 2.05) is 6.92 Å². The van der Waals surface area contributed by atoms with E-state index in [-0.39, 0.29) is 6.10 Å². The van der Waals surface area contributed by atoms with Gasteiger partial charge in [0.2, 0.25) is 0 Å². The van der Waals surface area contributed by atoms with E-state index in [4.69, 9.17) is 34.9 Å². The number of rotatable bonds is 17. The molecule has 0 aliphatic heterocycles. The highest BCUT2D eigenvalue weighted by molar-refractivity contribution is 8.07. The predicted molar refractivity (Wildman–Crippen MR) is 98.5 cm³/mol. The Balaban J connectivity index is 4.09. The van der Waals surface area contributed by atoms with Gasteiger partial charge in [-0.05, 0) is 25.2 Å². The summed E-state index contributed by atoms with van der Waals surface area (Å²) in [6, 6.07) is 0. The van der Waals surface area contributed by atoms with E-state index in [1.54, 1.807) is 14.2 Å². The molecule has 1 unspecified atom stereocenters. The highest BCUT2D eigenvalue weighted by Crippen LogP contribution is 2.51. The first-order valence-corrected chi connectivity index (χ1v) is 11.2. The summed E-state index contributed by atoms with van der Waals surface area (Å²) in [5.41, 5.74) is 0. The molecule has 1 atom stereocenters. The largest absolute Gasteiger partial charge is 0.382 e. The Labute approximate surface area is 147 Å². The quantitative estimate of drug-likeness (QED) is 0.273. The Morgan fingerprint density at radius 2 is 1.35 bits per heavy atom. The molecule has 0 aliphatic rings. The molecule has 0 N–H and O–H groups in total. The van der Waals surface area contributed by atoms with Gasteiger partial charge in [-0.15, -0.1) is 0 Å². The van der Waals surface area contributed by atoms with Crippen LogP contribution in [-0.2, 0) is 34.9 Å². The molecular weight excluding hydrogens is 335 g/mol. The van der Waals surface area contributed by atoms with E-state index in [0.29, 0.717) is 26.4 Å². The Hall–Kier alpha value is 0.450. The second-order valence-corrected chi connectivity index (χ2v) is 8.54. The van der Waals surface area contributed by atoms with Crippen LogP contribution in [0.4, 0.5) is 0 Å². The molecule has 0 amide bonds. The standard InChI is InChI=1S/C16H35O5PS/c1-5-6-7-8-9-10-11-16(2)21-22(23,19-14-12-17-3)20-15-13-18-4/h16H,5-15H2,1-4H3. The van der Waals surface area contributed by atoms with Gasteiger partial charge in [-0.3, -0.25) is 0 Å². The summed E-state index contributed by atoms with van der Waals surface area (Å²) in [7, 11) is 3.25. The molecule has 0 aromatic rings. The molecule has 23 heavy (non-hydrogen) atoms. The van der Waals surface area contributed by atoms with Crippen LogP contribution in [0.2, 0.25) is 0 Å². The van der Waals surface area contributed by atoms with Gasteiger partial charge in [-0.2, -0.15) is 0 Å². The van der Waals surface area contributed by atoms with Gasteiger partial charge in [-0.1, -0.05) is 45.4 Å². The minimum absolute atomic E-state index is 0.0390. The van der Waals surface area contributed by atoms with Crippen LogP contribution in [0.25, 0.3) is 0 Å². The molecule has 0 saturated heterocycles. The van der Waals surface area contributed by atoms with E-state index >= 15 is 0 Å². The van der Waals surface area contributed by atoms with Gasteiger partial charge in [0.15, 0.2) is 0 Å². The van der Waals surface area contributed by atoms with Crippen molar-refractivity contribution in [1.82, 2.24) is 0 Å². The van der Waals surface area contributed by atoms with Gasteiger partial charge in [0.05, 0.1) is 32.5 Å². The molecule has 0 bridgehead atoms. The Bertz CT molecular complexity index is 290. The van der Waals surface area contributed by atoms with Crippen LogP contribution in [0, 0.1) is 0 Å². The van der Waals surface area contributed by atoms with Crippen LogP contribution in [-0.4, -0.2) is 46.8 Å². The number of methoxy groups -OCH3 is 2. The van der Waals surface area contributed by atoms with Crippen molar-refractivity contribution in [2.75, 3.05) is 40.6 Å². The molecule has 0 aromatic carbocycles. The summed E-state index contributed by atoms with van der Waals surface area (Å²) in [6.07, 6.45) is 8.63. The zero-order valence-corrected chi connectivity index (χ0v) is 17.0. The molecule has 0 rings (SSSR count). The van der Waals surface area contributed by atoms with Gasteiger partial charge in [0, 0.05) is 14.2 Å². The summed E-state index contributed by atoms with van der Waals surface area (Å²) in [5, 5.41) is 0. The third-order valence-corrected chi connectivity index (χ3v) is 5.85. The molecule has 7 heteroatoms. The third-order valence-electron chi connectivity index (χ3n) is 3.35. The highest BCUT2D eigenvalue weighted by atomic mass is 32.5. The average Bonchev–Trinajstić information content (AvgIpc) is 2.51. The third kappa shape index (κ3) is 14.5. The van der Waals surface area contributed by atoms with Crippen molar-refractivity contribution in [3.63, 3.8) is 0 Å². The average molecular weight is 370 g/mol. The molecule has 0 fully saturated rings. The smallest absolute Gasteiger partial charge is 0.327 e. The topological polar surface area (TPSA) is 46.2 Å². The fourth-order valence-electron chi connectivity index (χ4n) is 2.05. The second-order valence-electron chi connectivity index (χ2n) is 5.57. The van der Waals surface area contributed by atoms with Gasteiger partial charge in [0.25, 0.3) is 0 Å². The van der Waals surface area contributed by atoms with Crippen molar-refractivity contribution in [2.24, 2.45) is 0 Å². The molecule has 5 nitrogen and oxygen atoms in total. The first-order chi connectivity index (χ1) is 11.1. The maximum atomic E-state index is 5.93. The van der Waals surface area contributed by atoms with Crippen molar-refractivity contribution in [3.8, 4) is 0 Å². The van der Waals surface area contributed by atoms with Crippen LogP contribution in [0.5, 0.6) is 0 Å². The monoisotopic (exact) mass is 370 g/mol. The Morgan fingerprint density at radius 1 is 0.826 bits per heavy atom. The van der Waals surface area contributed by atoms with Gasteiger partial charge in [0.1, 0.15) is 0 Å². The normalized spacial score (nSPS) is 13.4. The van der Waals surface area contributed by atoms with Crippen LogP contribution < -0.4 is 0 Å². The molecule has 0 aliphatic carbocycles. The summed E-state index contributed by atoms with van der Waals surface area (Å²) >= 11 is 5.47. The van der Waals surface area contributed by atoms with Crippen molar-refractivity contribution in [3.05, 3.63) is 0 Å². The lowest BCUT2D eigenvalue weighted by Crippen LogP contribution is -2.13.